The normalized spacial score (nSPS) is 14.6. The number of hydrogen-bond acceptors (Lipinski definition) is 4. The number of aryl methyl sites for hydroxylation is 1. The van der Waals surface area contributed by atoms with Crippen LogP contribution in [0.4, 0.5) is 10.8 Å². The zero-order valence-electron chi connectivity index (χ0n) is 11.1. The lowest BCUT2D eigenvalue weighted by molar-refractivity contribution is 1.00. The maximum atomic E-state index is 5.95. The number of nitrogen functional groups attached to an aromatic ring is 1. The summed E-state index contributed by atoms with van der Waals surface area (Å²) in [6.45, 7) is 3.10. The third-order valence-corrected chi connectivity index (χ3v) is 4.52. The summed E-state index contributed by atoms with van der Waals surface area (Å²) < 4.78 is 4.28. The van der Waals surface area contributed by atoms with E-state index in [-0.39, 0.29) is 0 Å². The first-order chi connectivity index (χ1) is 9.25. The van der Waals surface area contributed by atoms with Crippen LogP contribution in [-0.4, -0.2) is 10.9 Å². The van der Waals surface area contributed by atoms with Crippen LogP contribution in [0.15, 0.2) is 24.3 Å². The Bertz CT molecular complexity index is 573. The summed E-state index contributed by atoms with van der Waals surface area (Å²) in [6.07, 6.45) is 3.55. The van der Waals surface area contributed by atoms with Crippen molar-refractivity contribution in [3.05, 3.63) is 41.0 Å². The highest BCUT2D eigenvalue weighted by molar-refractivity contribution is 7.10. The van der Waals surface area contributed by atoms with Gasteiger partial charge in [-0.2, -0.15) is 4.37 Å². The maximum Gasteiger partial charge on any atom is 0.142 e. The van der Waals surface area contributed by atoms with Crippen LogP contribution < -0.4 is 11.1 Å². The highest BCUT2D eigenvalue weighted by atomic mass is 32.1. The summed E-state index contributed by atoms with van der Waals surface area (Å²) in [5.74, 6) is 1.38. The van der Waals surface area contributed by atoms with Crippen molar-refractivity contribution in [2.24, 2.45) is 0 Å². The van der Waals surface area contributed by atoms with Crippen LogP contribution in [0.2, 0.25) is 0 Å². The largest absolute Gasteiger partial charge is 0.383 e. The van der Waals surface area contributed by atoms with Gasteiger partial charge in [0, 0.05) is 12.1 Å². The second kappa shape index (κ2) is 5.21. The van der Waals surface area contributed by atoms with Gasteiger partial charge >= 0.3 is 0 Å². The minimum Gasteiger partial charge on any atom is -0.383 e. The Hall–Kier alpha value is -1.55. The Kier molecular flexibility index (Phi) is 3.42. The van der Waals surface area contributed by atoms with E-state index in [4.69, 9.17) is 5.73 Å². The second-order valence-electron chi connectivity index (χ2n) is 5.19. The SMILES string of the molecule is Cc1ccccc1CCNc1snc(N)c1C1CC1. The van der Waals surface area contributed by atoms with Crippen LogP contribution in [0.25, 0.3) is 0 Å². The first kappa shape index (κ1) is 12.5. The van der Waals surface area contributed by atoms with Gasteiger partial charge in [-0.3, -0.25) is 0 Å². The molecule has 2 aromatic rings. The van der Waals surface area contributed by atoms with Gasteiger partial charge in [0.25, 0.3) is 0 Å². The summed E-state index contributed by atoms with van der Waals surface area (Å²) in [5.41, 5.74) is 9.97. The van der Waals surface area contributed by atoms with Crippen molar-refractivity contribution in [1.82, 2.24) is 4.37 Å². The zero-order valence-corrected chi connectivity index (χ0v) is 12.0. The van der Waals surface area contributed by atoms with Gasteiger partial charge in [-0.15, -0.1) is 0 Å². The molecule has 0 amide bonds. The highest BCUT2D eigenvalue weighted by Gasteiger charge is 2.30. The summed E-state index contributed by atoms with van der Waals surface area (Å²) in [6, 6.07) is 8.54. The molecule has 0 radical (unpaired) electrons. The molecule has 1 saturated carbocycles. The third-order valence-electron chi connectivity index (χ3n) is 3.68. The highest BCUT2D eigenvalue weighted by Crippen LogP contribution is 2.47. The molecule has 100 valence electrons. The van der Waals surface area contributed by atoms with Gasteiger partial charge in [-0.25, -0.2) is 0 Å². The molecule has 3 nitrogen and oxygen atoms in total. The predicted molar refractivity (Wildman–Crippen MR) is 81.9 cm³/mol. The molecule has 0 atom stereocenters. The van der Waals surface area contributed by atoms with Crippen molar-refractivity contribution in [3.63, 3.8) is 0 Å². The fourth-order valence-electron chi connectivity index (χ4n) is 2.40. The number of hydrogen-bond donors (Lipinski definition) is 2. The molecule has 3 N–H and O–H groups in total. The van der Waals surface area contributed by atoms with Crippen LogP contribution >= 0.6 is 11.5 Å². The van der Waals surface area contributed by atoms with E-state index in [0.717, 1.165) is 18.8 Å². The number of nitrogens with zero attached hydrogens (tertiary/aromatic N) is 1. The first-order valence-electron chi connectivity index (χ1n) is 6.79. The number of nitrogens with one attached hydrogen (secondary N) is 1. The monoisotopic (exact) mass is 273 g/mol. The van der Waals surface area contributed by atoms with E-state index in [1.54, 1.807) is 0 Å². The summed E-state index contributed by atoms with van der Waals surface area (Å²) >= 11 is 1.50. The molecule has 1 fully saturated rings. The summed E-state index contributed by atoms with van der Waals surface area (Å²) in [7, 11) is 0. The topological polar surface area (TPSA) is 50.9 Å². The molecule has 3 rings (SSSR count). The Labute approximate surface area is 118 Å². The standard InChI is InChI=1S/C15H19N3S/c1-10-4-2-3-5-11(10)8-9-17-15-13(12-6-7-12)14(16)18-19-15/h2-5,12,17H,6-9H2,1H3,(H2,16,18). The van der Waals surface area contributed by atoms with Gasteiger partial charge in [-0.1, -0.05) is 24.3 Å². The lowest BCUT2D eigenvalue weighted by atomic mass is 10.1. The summed E-state index contributed by atoms with van der Waals surface area (Å²) in [5, 5.41) is 4.68. The van der Waals surface area contributed by atoms with E-state index in [1.165, 1.54) is 46.1 Å². The Morgan fingerprint density at radius 3 is 2.89 bits per heavy atom. The molecule has 1 aromatic carbocycles. The van der Waals surface area contributed by atoms with Gasteiger partial charge in [0.2, 0.25) is 0 Å². The fourth-order valence-corrected chi connectivity index (χ4v) is 3.23. The lowest BCUT2D eigenvalue weighted by Gasteiger charge is -2.08. The Morgan fingerprint density at radius 2 is 2.16 bits per heavy atom. The van der Waals surface area contributed by atoms with Crippen molar-refractivity contribution >= 4 is 22.4 Å². The van der Waals surface area contributed by atoms with Crippen molar-refractivity contribution in [1.29, 1.82) is 0 Å². The van der Waals surface area contributed by atoms with Crippen molar-refractivity contribution < 1.29 is 0 Å². The molecule has 4 heteroatoms. The minimum absolute atomic E-state index is 0.653. The Morgan fingerprint density at radius 1 is 1.37 bits per heavy atom. The number of rotatable bonds is 5. The maximum absolute atomic E-state index is 5.95. The third kappa shape index (κ3) is 2.73. The smallest absolute Gasteiger partial charge is 0.142 e. The van der Waals surface area contributed by atoms with Crippen molar-refractivity contribution in [2.45, 2.75) is 32.1 Å². The molecule has 0 spiro atoms. The average molecular weight is 273 g/mol. The van der Waals surface area contributed by atoms with E-state index < -0.39 is 0 Å². The molecule has 1 aromatic heterocycles. The number of aromatic nitrogens is 1. The first-order valence-corrected chi connectivity index (χ1v) is 7.56. The molecular formula is C15H19N3S. The molecule has 0 unspecified atom stereocenters. The molecule has 1 aliphatic rings. The molecule has 19 heavy (non-hydrogen) atoms. The van der Waals surface area contributed by atoms with E-state index in [0.29, 0.717) is 5.92 Å². The molecule has 1 aliphatic carbocycles. The van der Waals surface area contributed by atoms with Gasteiger partial charge in [0.1, 0.15) is 10.8 Å². The second-order valence-corrected chi connectivity index (χ2v) is 5.96. The van der Waals surface area contributed by atoms with Crippen LogP contribution in [0.5, 0.6) is 0 Å². The molecule has 0 aliphatic heterocycles. The lowest BCUT2D eigenvalue weighted by Crippen LogP contribution is -2.06. The van der Waals surface area contributed by atoms with Gasteiger partial charge < -0.3 is 11.1 Å². The number of nitrogens with two attached hydrogens (primary N) is 1. The van der Waals surface area contributed by atoms with Gasteiger partial charge in [-0.05, 0) is 54.8 Å². The number of anilines is 2. The van der Waals surface area contributed by atoms with Gasteiger partial charge in [0.15, 0.2) is 0 Å². The van der Waals surface area contributed by atoms with Crippen LogP contribution in [0.1, 0.15) is 35.4 Å². The fraction of sp³-hybridized carbons (Fsp3) is 0.400. The molecule has 1 heterocycles. The van der Waals surface area contributed by atoms with Crippen molar-refractivity contribution in [3.8, 4) is 0 Å². The Balaban J connectivity index is 1.62. The molecule has 0 bridgehead atoms. The van der Waals surface area contributed by atoms with Crippen LogP contribution in [0, 0.1) is 6.92 Å². The summed E-state index contributed by atoms with van der Waals surface area (Å²) in [4.78, 5) is 0. The van der Waals surface area contributed by atoms with Crippen LogP contribution in [-0.2, 0) is 6.42 Å². The zero-order chi connectivity index (χ0) is 13.2. The molecular weight excluding hydrogens is 254 g/mol. The van der Waals surface area contributed by atoms with E-state index >= 15 is 0 Å². The van der Waals surface area contributed by atoms with E-state index in [2.05, 4.69) is 40.9 Å². The molecule has 0 saturated heterocycles. The number of benzene rings is 1. The average Bonchev–Trinajstić information content (AvgIpc) is 3.17. The predicted octanol–water partition coefficient (Wildman–Crippen LogP) is 3.57. The minimum atomic E-state index is 0.653. The van der Waals surface area contributed by atoms with E-state index in [9.17, 15) is 0 Å². The quantitative estimate of drug-likeness (QED) is 0.875. The van der Waals surface area contributed by atoms with Crippen LogP contribution in [0.3, 0.4) is 0 Å². The van der Waals surface area contributed by atoms with Gasteiger partial charge in [0.05, 0.1) is 0 Å². The van der Waals surface area contributed by atoms with E-state index in [1.807, 2.05) is 0 Å². The van der Waals surface area contributed by atoms with Crippen molar-refractivity contribution in [2.75, 3.05) is 17.6 Å².